The number of fused-ring (bicyclic) bond motifs is 7. The van der Waals surface area contributed by atoms with Crippen LogP contribution in [0.15, 0.2) is 206 Å². The maximum absolute atomic E-state index is 2.42. The molecule has 10 aromatic rings. The van der Waals surface area contributed by atoms with Gasteiger partial charge in [0.1, 0.15) is 0 Å². The molecule has 11 rings (SSSR count). The molecule has 0 unspecified atom stereocenters. The van der Waals surface area contributed by atoms with E-state index in [1.54, 1.807) is 0 Å². The molecule has 9 aromatic carbocycles. The second kappa shape index (κ2) is 13.0. The number of benzene rings is 9. The Morgan fingerprint density at radius 2 is 0.982 bits per heavy atom. The molecule has 0 N–H and O–H groups in total. The largest absolute Gasteiger partial charge is 0.310 e. The Labute approximate surface area is 333 Å². The van der Waals surface area contributed by atoms with Gasteiger partial charge in [0.15, 0.2) is 0 Å². The molecule has 0 radical (unpaired) electrons. The van der Waals surface area contributed by atoms with Gasteiger partial charge in [0, 0.05) is 38.9 Å². The molecule has 0 atom stereocenters. The van der Waals surface area contributed by atoms with Crippen LogP contribution in [0.3, 0.4) is 0 Å². The smallest absolute Gasteiger partial charge is 0.0547 e. The fourth-order valence-corrected chi connectivity index (χ4v) is 9.36. The van der Waals surface area contributed by atoms with E-state index in [0.717, 1.165) is 17.1 Å². The zero-order chi connectivity index (χ0) is 38.1. The second-order valence-electron chi connectivity index (χ2n) is 15.8. The van der Waals surface area contributed by atoms with E-state index in [-0.39, 0.29) is 5.41 Å². The van der Waals surface area contributed by atoms with Gasteiger partial charge in [0.25, 0.3) is 0 Å². The Kier molecular flexibility index (Phi) is 7.55. The van der Waals surface area contributed by atoms with E-state index in [2.05, 4.69) is 230 Å². The molecule has 57 heavy (non-hydrogen) atoms. The van der Waals surface area contributed by atoms with Gasteiger partial charge in [0.05, 0.1) is 11.0 Å². The molecule has 0 bridgehead atoms. The Hall–Kier alpha value is -7.16. The normalized spacial score (nSPS) is 12.9. The van der Waals surface area contributed by atoms with Crippen LogP contribution in [0.2, 0.25) is 0 Å². The SMILES string of the molecule is CC1(C)c2ccccc2-c2ccc(N(c3ccc(-c4ccccc4)cc3)c3ccc(-c4cccc5c4c4ccccc4n5-c4ccc5ccccc5c4)cc3)cc21. The maximum atomic E-state index is 2.42. The first kappa shape index (κ1) is 33.2. The first-order valence-corrected chi connectivity index (χ1v) is 19.8. The van der Waals surface area contributed by atoms with Crippen LogP contribution in [0, 0.1) is 0 Å². The van der Waals surface area contributed by atoms with Crippen molar-refractivity contribution in [1.82, 2.24) is 4.57 Å². The summed E-state index contributed by atoms with van der Waals surface area (Å²) in [6.07, 6.45) is 0. The van der Waals surface area contributed by atoms with Crippen molar-refractivity contribution in [2.75, 3.05) is 4.90 Å². The maximum Gasteiger partial charge on any atom is 0.0547 e. The van der Waals surface area contributed by atoms with E-state index in [4.69, 9.17) is 0 Å². The molecule has 1 aliphatic carbocycles. The van der Waals surface area contributed by atoms with Crippen LogP contribution >= 0.6 is 0 Å². The summed E-state index contributed by atoms with van der Waals surface area (Å²) >= 11 is 0. The molecule has 0 saturated carbocycles. The topological polar surface area (TPSA) is 8.17 Å². The first-order chi connectivity index (χ1) is 28.0. The van der Waals surface area contributed by atoms with Gasteiger partial charge in [-0.15, -0.1) is 0 Å². The van der Waals surface area contributed by atoms with Gasteiger partial charge < -0.3 is 9.47 Å². The minimum absolute atomic E-state index is 0.0979. The lowest BCUT2D eigenvalue weighted by Gasteiger charge is -2.28. The highest BCUT2D eigenvalue weighted by Gasteiger charge is 2.35. The highest BCUT2D eigenvalue weighted by Crippen LogP contribution is 2.51. The van der Waals surface area contributed by atoms with Crippen molar-refractivity contribution in [1.29, 1.82) is 0 Å². The minimum atomic E-state index is -0.0979. The van der Waals surface area contributed by atoms with Gasteiger partial charge in [-0.3, -0.25) is 0 Å². The van der Waals surface area contributed by atoms with Crippen molar-refractivity contribution in [3.63, 3.8) is 0 Å². The summed E-state index contributed by atoms with van der Waals surface area (Å²) in [6, 6.07) is 75.6. The van der Waals surface area contributed by atoms with Gasteiger partial charge in [-0.05, 0) is 116 Å². The van der Waals surface area contributed by atoms with Crippen LogP contribution in [0.5, 0.6) is 0 Å². The van der Waals surface area contributed by atoms with Gasteiger partial charge in [-0.25, -0.2) is 0 Å². The molecule has 1 heterocycles. The van der Waals surface area contributed by atoms with E-state index in [1.807, 2.05) is 0 Å². The van der Waals surface area contributed by atoms with Crippen molar-refractivity contribution in [2.24, 2.45) is 0 Å². The van der Waals surface area contributed by atoms with E-state index >= 15 is 0 Å². The predicted molar refractivity (Wildman–Crippen MR) is 241 cm³/mol. The summed E-state index contributed by atoms with van der Waals surface area (Å²) in [4.78, 5) is 2.41. The zero-order valence-corrected chi connectivity index (χ0v) is 32.0. The predicted octanol–water partition coefficient (Wildman–Crippen LogP) is 15.0. The fourth-order valence-electron chi connectivity index (χ4n) is 9.36. The average molecular weight is 729 g/mol. The molecular formula is C55H40N2. The van der Waals surface area contributed by atoms with E-state index < -0.39 is 0 Å². The first-order valence-electron chi connectivity index (χ1n) is 19.8. The average Bonchev–Trinajstić information content (AvgIpc) is 3.73. The third-order valence-electron chi connectivity index (χ3n) is 12.2. The highest BCUT2D eigenvalue weighted by molar-refractivity contribution is 6.16. The molecular weight excluding hydrogens is 689 g/mol. The molecule has 270 valence electrons. The number of hydrogen-bond acceptors (Lipinski definition) is 1. The van der Waals surface area contributed by atoms with Gasteiger partial charge in [-0.1, -0.05) is 159 Å². The van der Waals surface area contributed by atoms with Crippen LogP contribution in [0.4, 0.5) is 17.1 Å². The Morgan fingerprint density at radius 3 is 1.79 bits per heavy atom. The number of hydrogen-bond donors (Lipinski definition) is 0. The van der Waals surface area contributed by atoms with E-state index in [9.17, 15) is 0 Å². The summed E-state index contributed by atoms with van der Waals surface area (Å²) < 4.78 is 2.42. The minimum Gasteiger partial charge on any atom is -0.310 e. The summed E-state index contributed by atoms with van der Waals surface area (Å²) in [5.74, 6) is 0. The summed E-state index contributed by atoms with van der Waals surface area (Å²) in [7, 11) is 0. The molecule has 0 fully saturated rings. The van der Waals surface area contributed by atoms with Gasteiger partial charge in [-0.2, -0.15) is 0 Å². The van der Waals surface area contributed by atoms with Crippen LogP contribution in [0.25, 0.3) is 71.6 Å². The van der Waals surface area contributed by atoms with Gasteiger partial charge in [0.2, 0.25) is 0 Å². The van der Waals surface area contributed by atoms with Crippen molar-refractivity contribution in [3.05, 3.63) is 217 Å². The number of anilines is 3. The summed E-state index contributed by atoms with van der Waals surface area (Å²) in [6.45, 7) is 4.71. The quantitative estimate of drug-likeness (QED) is 0.165. The molecule has 1 aliphatic rings. The Bertz CT molecular complexity index is 3130. The molecule has 0 spiro atoms. The number of para-hydroxylation sites is 1. The van der Waals surface area contributed by atoms with Crippen molar-refractivity contribution in [3.8, 4) is 39.1 Å². The summed E-state index contributed by atoms with van der Waals surface area (Å²) in [5, 5.41) is 5.01. The van der Waals surface area contributed by atoms with E-state index in [1.165, 1.54) is 82.8 Å². The van der Waals surface area contributed by atoms with Crippen molar-refractivity contribution < 1.29 is 0 Å². The van der Waals surface area contributed by atoms with Crippen LogP contribution in [-0.4, -0.2) is 4.57 Å². The lowest BCUT2D eigenvalue weighted by atomic mass is 9.82. The van der Waals surface area contributed by atoms with Crippen molar-refractivity contribution in [2.45, 2.75) is 19.3 Å². The van der Waals surface area contributed by atoms with Crippen LogP contribution in [0.1, 0.15) is 25.0 Å². The fraction of sp³-hybridized carbons (Fsp3) is 0.0545. The third kappa shape index (κ3) is 5.33. The van der Waals surface area contributed by atoms with Crippen LogP contribution < -0.4 is 4.90 Å². The molecule has 1 aromatic heterocycles. The standard InChI is InChI=1S/C55H40N2/c1-55(2)50-20-10-8-17-47(50)48-34-33-45(36-51(48)55)56(42-28-23-39(24-29-42)37-13-4-3-5-14-37)43-30-26-40(27-31-43)46-19-12-22-53-54(46)49-18-9-11-21-52(49)57(53)44-32-25-38-15-6-7-16-41(38)35-44/h3-36H,1-2H3. The zero-order valence-electron chi connectivity index (χ0n) is 32.0. The van der Waals surface area contributed by atoms with Crippen molar-refractivity contribution >= 4 is 49.6 Å². The Balaban J connectivity index is 1.04. The number of aromatic nitrogens is 1. The second-order valence-corrected chi connectivity index (χ2v) is 15.8. The monoisotopic (exact) mass is 728 g/mol. The number of rotatable bonds is 6. The van der Waals surface area contributed by atoms with Gasteiger partial charge >= 0.3 is 0 Å². The molecule has 2 heteroatoms. The Morgan fingerprint density at radius 1 is 0.386 bits per heavy atom. The highest BCUT2D eigenvalue weighted by atomic mass is 15.1. The molecule has 2 nitrogen and oxygen atoms in total. The number of nitrogens with zero attached hydrogens (tertiary/aromatic N) is 2. The molecule has 0 aliphatic heterocycles. The lowest BCUT2D eigenvalue weighted by molar-refractivity contribution is 0.660. The summed E-state index contributed by atoms with van der Waals surface area (Å²) in [5.41, 5.74) is 17.1. The van der Waals surface area contributed by atoms with Crippen LogP contribution in [-0.2, 0) is 5.41 Å². The molecule has 0 saturated heterocycles. The lowest BCUT2D eigenvalue weighted by Crippen LogP contribution is -2.16. The molecule has 0 amide bonds. The van der Waals surface area contributed by atoms with E-state index in [0.29, 0.717) is 0 Å². The third-order valence-corrected chi connectivity index (χ3v) is 12.2.